The van der Waals surface area contributed by atoms with E-state index >= 15 is 0 Å². The molecule has 1 aromatic carbocycles. The predicted octanol–water partition coefficient (Wildman–Crippen LogP) is 2.84. The molecule has 1 aromatic heterocycles. The number of nitrogens with one attached hydrogen (secondary N) is 1. The van der Waals surface area contributed by atoms with Gasteiger partial charge in [-0.05, 0) is 24.3 Å². The molecule has 0 aliphatic carbocycles. The molecule has 0 saturated heterocycles. The molecule has 2 aromatic rings. The van der Waals surface area contributed by atoms with Gasteiger partial charge in [-0.25, -0.2) is 21.6 Å². The highest BCUT2D eigenvalue weighted by Gasteiger charge is 2.21. The van der Waals surface area contributed by atoms with E-state index < -0.39 is 33.2 Å². The van der Waals surface area contributed by atoms with Crippen molar-refractivity contribution >= 4 is 27.0 Å². The lowest BCUT2D eigenvalue weighted by molar-refractivity contribution is 0.449. The van der Waals surface area contributed by atoms with Crippen molar-refractivity contribution in [3.8, 4) is 6.07 Å². The van der Waals surface area contributed by atoms with E-state index in [2.05, 4.69) is 0 Å². The van der Waals surface area contributed by atoms with Gasteiger partial charge >= 0.3 is 0 Å². The average Bonchev–Trinajstić information content (AvgIpc) is 2.89. The summed E-state index contributed by atoms with van der Waals surface area (Å²) >= 11 is 0.670. The number of sulfonamides is 1. The molecule has 0 unspecified atom stereocenters. The minimum absolute atomic E-state index is 0.149. The van der Waals surface area contributed by atoms with Crippen molar-refractivity contribution in [3.63, 3.8) is 0 Å². The van der Waals surface area contributed by atoms with Crippen molar-refractivity contribution in [2.24, 2.45) is 0 Å². The summed E-state index contributed by atoms with van der Waals surface area (Å²) in [7, 11) is -4.17. The molecule has 0 amide bonds. The maximum Gasteiger partial charge on any atom is 0.271 e. The van der Waals surface area contributed by atoms with Crippen molar-refractivity contribution in [2.75, 3.05) is 4.72 Å². The zero-order valence-corrected chi connectivity index (χ0v) is 11.2. The van der Waals surface area contributed by atoms with Gasteiger partial charge in [0.1, 0.15) is 15.2 Å². The monoisotopic (exact) mass is 318 g/mol. The molecule has 0 radical (unpaired) electrons. The van der Waals surface area contributed by atoms with Crippen LogP contribution in [0.25, 0.3) is 0 Å². The van der Waals surface area contributed by atoms with Crippen LogP contribution in [0.1, 0.15) is 4.88 Å². The quantitative estimate of drug-likeness (QED) is 0.885. The third kappa shape index (κ3) is 2.61. The smallest absolute Gasteiger partial charge is 0.271 e. The second kappa shape index (κ2) is 5.15. The molecule has 1 heterocycles. The van der Waals surface area contributed by atoms with Crippen LogP contribution in [0.2, 0.25) is 0 Å². The lowest BCUT2D eigenvalue weighted by Gasteiger charge is -2.07. The molecule has 0 spiro atoms. The third-order valence-corrected chi connectivity index (χ3v) is 5.08. The first kappa shape index (κ1) is 14.4. The number of nitrogens with zero attached hydrogens (tertiary/aromatic N) is 1. The third-order valence-electron chi connectivity index (χ3n) is 2.24. The molecule has 1 N–H and O–H groups in total. The number of hydrogen-bond acceptors (Lipinski definition) is 4. The molecule has 9 heteroatoms. The van der Waals surface area contributed by atoms with E-state index in [1.54, 1.807) is 10.8 Å². The SMILES string of the molecule is N#Cc1ccc(S(=O)(=O)Nc2ccc(F)c(F)c2F)s1. The van der Waals surface area contributed by atoms with Crippen molar-refractivity contribution in [2.45, 2.75) is 4.21 Å². The lowest BCUT2D eigenvalue weighted by Crippen LogP contribution is -2.13. The first-order valence-electron chi connectivity index (χ1n) is 5.01. The van der Waals surface area contributed by atoms with Gasteiger partial charge < -0.3 is 0 Å². The minimum Gasteiger partial charge on any atom is -0.276 e. The van der Waals surface area contributed by atoms with Crippen LogP contribution in [-0.2, 0) is 10.0 Å². The van der Waals surface area contributed by atoms with Crippen molar-refractivity contribution in [1.82, 2.24) is 0 Å². The Hall–Kier alpha value is -2.05. The number of halogens is 3. The molecule has 0 aliphatic heterocycles. The minimum atomic E-state index is -4.17. The zero-order chi connectivity index (χ0) is 14.9. The number of anilines is 1. The average molecular weight is 318 g/mol. The highest BCUT2D eigenvalue weighted by molar-refractivity contribution is 7.94. The number of thiophene rings is 1. The molecule has 0 saturated carbocycles. The van der Waals surface area contributed by atoms with Crippen molar-refractivity contribution in [3.05, 3.63) is 46.6 Å². The van der Waals surface area contributed by atoms with Gasteiger partial charge in [0.25, 0.3) is 10.0 Å². The van der Waals surface area contributed by atoms with Gasteiger partial charge in [0.2, 0.25) is 0 Å². The van der Waals surface area contributed by atoms with Crippen LogP contribution < -0.4 is 4.72 Å². The van der Waals surface area contributed by atoms with Crippen LogP contribution >= 0.6 is 11.3 Å². The molecular weight excluding hydrogens is 313 g/mol. The van der Waals surface area contributed by atoms with E-state index in [0.717, 1.165) is 12.1 Å². The van der Waals surface area contributed by atoms with Gasteiger partial charge in [-0.3, -0.25) is 4.72 Å². The van der Waals surface area contributed by atoms with Gasteiger partial charge in [-0.15, -0.1) is 11.3 Å². The molecular formula is C11H5F3N2O2S2. The fraction of sp³-hybridized carbons (Fsp3) is 0. The van der Waals surface area contributed by atoms with E-state index in [4.69, 9.17) is 5.26 Å². The standard InChI is InChI=1S/C11H5F3N2O2S2/c12-7-2-3-8(11(14)10(7)13)16-20(17,18)9-4-1-6(5-15)19-9/h1-4,16H. The zero-order valence-electron chi connectivity index (χ0n) is 9.52. The molecule has 104 valence electrons. The summed E-state index contributed by atoms with van der Waals surface area (Å²) < 4.78 is 64.5. The van der Waals surface area contributed by atoms with E-state index in [9.17, 15) is 21.6 Å². The number of hydrogen-bond donors (Lipinski definition) is 1. The van der Waals surface area contributed by atoms with E-state index in [1.165, 1.54) is 6.07 Å². The van der Waals surface area contributed by atoms with Gasteiger partial charge in [-0.2, -0.15) is 5.26 Å². The van der Waals surface area contributed by atoms with Crippen LogP contribution in [0.5, 0.6) is 0 Å². The van der Waals surface area contributed by atoms with Gasteiger partial charge in [0.05, 0.1) is 5.69 Å². The molecule has 0 aliphatic rings. The Labute approximate surface area is 116 Å². The number of rotatable bonds is 3. The Kier molecular flexibility index (Phi) is 3.69. The van der Waals surface area contributed by atoms with Crippen LogP contribution in [0.3, 0.4) is 0 Å². The van der Waals surface area contributed by atoms with Crippen molar-refractivity contribution < 1.29 is 21.6 Å². The Balaban J connectivity index is 2.39. The first-order valence-corrected chi connectivity index (χ1v) is 7.31. The largest absolute Gasteiger partial charge is 0.276 e. The van der Waals surface area contributed by atoms with Gasteiger partial charge in [0.15, 0.2) is 17.5 Å². The predicted molar refractivity (Wildman–Crippen MR) is 66.2 cm³/mol. The second-order valence-electron chi connectivity index (χ2n) is 3.56. The summed E-state index contributed by atoms with van der Waals surface area (Å²) in [6, 6.07) is 5.56. The molecule has 0 fully saturated rings. The molecule has 0 bridgehead atoms. The summed E-state index contributed by atoms with van der Waals surface area (Å²) in [6.07, 6.45) is 0. The van der Waals surface area contributed by atoms with Crippen molar-refractivity contribution in [1.29, 1.82) is 5.26 Å². The Morgan fingerprint density at radius 1 is 1.10 bits per heavy atom. The normalized spacial score (nSPS) is 11.1. The van der Waals surface area contributed by atoms with Crippen LogP contribution in [0.4, 0.5) is 18.9 Å². The van der Waals surface area contributed by atoms with Gasteiger partial charge in [-0.1, -0.05) is 0 Å². The maximum atomic E-state index is 13.4. The molecule has 4 nitrogen and oxygen atoms in total. The Morgan fingerprint density at radius 2 is 1.80 bits per heavy atom. The van der Waals surface area contributed by atoms with Crippen LogP contribution in [-0.4, -0.2) is 8.42 Å². The summed E-state index contributed by atoms with van der Waals surface area (Å²) in [5.74, 6) is -4.83. The van der Waals surface area contributed by atoms with E-state index in [0.29, 0.717) is 17.4 Å². The summed E-state index contributed by atoms with van der Waals surface area (Å²) in [4.78, 5) is 0.149. The maximum absolute atomic E-state index is 13.4. The van der Waals surface area contributed by atoms with Gasteiger partial charge in [0, 0.05) is 0 Å². The highest BCUT2D eigenvalue weighted by Crippen LogP contribution is 2.26. The fourth-order valence-corrected chi connectivity index (χ4v) is 3.49. The topological polar surface area (TPSA) is 70.0 Å². The first-order chi connectivity index (χ1) is 9.35. The highest BCUT2D eigenvalue weighted by atomic mass is 32.2. The van der Waals surface area contributed by atoms with E-state index in [-0.39, 0.29) is 9.09 Å². The Bertz CT molecular complexity index is 810. The summed E-state index contributed by atoms with van der Waals surface area (Å²) in [5.41, 5.74) is -0.712. The summed E-state index contributed by atoms with van der Waals surface area (Å²) in [6.45, 7) is 0. The lowest BCUT2D eigenvalue weighted by atomic mass is 10.3. The number of nitriles is 1. The fourth-order valence-electron chi connectivity index (χ4n) is 1.32. The molecule has 0 atom stereocenters. The number of benzene rings is 1. The second-order valence-corrected chi connectivity index (χ2v) is 6.55. The Morgan fingerprint density at radius 3 is 2.40 bits per heavy atom. The summed E-state index contributed by atoms with van der Waals surface area (Å²) in [5, 5.41) is 8.61. The van der Waals surface area contributed by atoms with E-state index in [1.807, 2.05) is 0 Å². The molecule has 20 heavy (non-hydrogen) atoms. The van der Waals surface area contributed by atoms with Crippen LogP contribution in [0.15, 0.2) is 28.5 Å². The molecule has 2 rings (SSSR count). The van der Waals surface area contributed by atoms with Crippen LogP contribution in [0, 0.1) is 28.8 Å².